The summed E-state index contributed by atoms with van der Waals surface area (Å²) in [6, 6.07) is 2.83. The van der Waals surface area contributed by atoms with Crippen LogP contribution in [0.25, 0.3) is 0 Å². The summed E-state index contributed by atoms with van der Waals surface area (Å²) in [5.74, 6) is -0.696. The second kappa shape index (κ2) is 6.22. The molecule has 19 heavy (non-hydrogen) atoms. The number of aromatic hydroxyl groups is 2. The van der Waals surface area contributed by atoms with E-state index in [2.05, 4.69) is 24.4 Å². The number of nitrogens with one attached hydrogen (secondary N) is 1. The van der Waals surface area contributed by atoms with Gasteiger partial charge in [0.15, 0.2) is 0 Å². The summed E-state index contributed by atoms with van der Waals surface area (Å²) < 4.78 is 0. The topological polar surface area (TPSA) is 81.9 Å². The number of carbonyl (C=O) groups excluding carboxylic acids is 1. The minimum absolute atomic E-state index is 0.160. The Morgan fingerprint density at radius 2 is 1.84 bits per heavy atom. The highest BCUT2D eigenvalue weighted by atomic mass is 16.3. The fourth-order valence-electron chi connectivity index (χ4n) is 1.82. The van der Waals surface area contributed by atoms with Crippen LogP contribution in [0.2, 0.25) is 0 Å². The summed E-state index contributed by atoms with van der Waals surface area (Å²) in [4.78, 5) is 11.8. The van der Waals surface area contributed by atoms with Crippen LogP contribution in [0.5, 0.6) is 11.5 Å². The molecule has 1 aromatic rings. The van der Waals surface area contributed by atoms with Gasteiger partial charge in [-0.1, -0.05) is 13.8 Å². The number of amides is 1. The number of hydrazone groups is 1. The zero-order chi connectivity index (χ0) is 14.6. The van der Waals surface area contributed by atoms with Gasteiger partial charge >= 0.3 is 0 Å². The van der Waals surface area contributed by atoms with Crippen LogP contribution in [0.1, 0.15) is 43.1 Å². The average molecular weight is 264 g/mol. The Kier molecular flexibility index (Phi) is 4.92. The maximum atomic E-state index is 11.8. The molecule has 0 fully saturated rings. The third-order valence-electron chi connectivity index (χ3n) is 2.52. The summed E-state index contributed by atoms with van der Waals surface area (Å²) >= 11 is 0. The number of carbonyl (C=O) groups is 1. The molecule has 1 rings (SSSR count). The number of nitrogens with zero attached hydrogens (tertiary/aromatic N) is 1. The predicted octanol–water partition coefficient (Wildman–Crippen LogP) is 2.56. The molecule has 0 saturated carbocycles. The van der Waals surface area contributed by atoms with Gasteiger partial charge in [-0.05, 0) is 43.9 Å². The van der Waals surface area contributed by atoms with E-state index in [1.54, 1.807) is 6.92 Å². The van der Waals surface area contributed by atoms with Crippen LogP contribution in [0.4, 0.5) is 0 Å². The van der Waals surface area contributed by atoms with Crippen molar-refractivity contribution in [2.45, 2.75) is 34.1 Å². The molecule has 3 N–H and O–H groups in total. The molecule has 0 radical (unpaired) electrons. The first-order valence-electron chi connectivity index (χ1n) is 6.17. The number of hydrogen-bond donors (Lipinski definition) is 3. The number of benzene rings is 1. The number of phenolic OH excluding ortho intramolecular Hbond substituents is 2. The molecular weight excluding hydrogens is 244 g/mol. The quantitative estimate of drug-likeness (QED) is 0.577. The zero-order valence-electron chi connectivity index (χ0n) is 11.7. The van der Waals surface area contributed by atoms with E-state index in [0.29, 0.717) is 11.5 Å². The maximum Gasteiger partial charge on any atom is 0.278 e. The molecule has 0 atom stereocenters. The molecule has 0 aliphatic carbocycles. The first kappa shape index (κ1) is 15.0. The van der Waals surface area contributed by atoms with Crippen LogP contribution in [0.3, 0.4) is 0 Å². The molecule has 1 amide bonds. The molecule has 0 bridgehead atoms. The second-order valence-corrected chi connectivity index (χ2v) is 5.06. The van der Waals surface area contributed by atoms with E-state index >= 15 is 0 Å². The monoisotopic (exact) mass is 264 g/mol. The lowest BCUT2D eigenvalue weighted by atomic mass is 10.1. The van der Waals surface area contributed by atoms with Crippen LogP contribution in [0.15, 0.2) is 17.2 Å². The van der Waals surface area contributed by atoms with Gasteiger partial charge in [0, 0.05) is 5.71 Å². The van der Waals surface area contributed by atoms with E-state index in [4.69, 9.17) is 0 Å². The van der Waals surface area contributed by atoms with Crippen molar-refractivity contribution in [2.75, 3.05) is 0 Å². The normalized spacial score (nSPS) is 11.7. The standard InChI is InChI=1S/C14H20N2O3/c1-8(2)5-10(4)15-16-14(19)13-11(17)6-9(3)7-12(13)18/h6-8,17-18H,5H2,1-4H3,(H,16,19)/b15-10+. The Hall–Kier alpha value is -2.04. The van der Waals surface area contributed by atoms with Crippen LogP contribution in [-0.4, -0.2) is 21.8 Å². The molecule has 5 heteroatoms. The second-order valence-electron chi connectivity index (χ2n) is 5.06. The van der Waals surface area contributed by atoms with Crippen LogP contribution in [-0.2, 0) is 0 Å². The molecule has 5 nitrogen and oxygen atoms in total. The van der Waals surface area contributed by atoms with Gasteiger partial charge < -0.3 is 10.2 Å². The fourth-order valence-corrected chi connectivity index (χ4v) is 1.82. The Morgan fingerprint density at radius 1 is 1.32 bits per heavy atom. The molecule has 0 unspecified atom stereocenters. The Balaban J connectivity index is 2.85. The first-order valence-corrected chi connectivity index (χ1v) is 6.17. The fraction of sp³-hybridized carbons (Fsp3) is 0.429. The maximum absolute atomic E-state index is 11.8. The third kappa shape index (κ3) is 4.28. The van der Waals surface area contributed by atoms with E-state index in [9.17, 15) is 15.0 Å². The Labute approximate surface area is 113 Å². The van der Waals surface area contributed by atoms with E-state index in [1.807, 2.05) is 6.92 Å². The lowest BCUT2D eigenvalue weighted by molar-refractivity contribution is 0.0949. The summed E-state index contributed by atoms with van der Waals surface area (Å²) in [5, 5.41) is 23.3. The van der Waals surface area contributed by atoms with Crippen molar-refractivity contribution in [1.29, 1.82) is 0 Å². The van der Waals surface area contributed by atoms with Gasteiger partial charge in [-0.25, -0.2) is 5.43 Å². The zero-order valence-corrected chi connectivity index (χ0v) is 11.7. The van der Waals surface area contributed by atoms with Crippen molar-refractivity contribution in [2.24, 2.45) is 11.0 Å². The number of phenols is 2. The van der Waals surface area contributed by atoms with Gasteiger partial charge in [0.25, 0.3) is 5.91 Å². The molecule has 0 heterocycles. The molecule has 0 aromatic heterocycles. The van der Waals surface area contributed by atoms with Crippen molar-refractivity contribution in [3.63, 3.8) is 0 Å². The molecule has 0 saturated heterocycles. The summed E-state index contributed by atoms with van der Waals surface area (Å²) in [5.41, 5.74) is 3.63. The van der Waals surface area contributed by atoms with E-state index in [1.165, 1.54) is 12.1 Å². The van der Waals surface area contributed by atoms with Crippen molar-refractivity contribution >= 4 is 11.6 Å². The smallest absolute Gasteiger partial charge is 0.278 e. The Morgan fingerprint density at radius 3 is 2.32 bits per heavy atom. The molecule has 0 aliphatic rings. The lowest BCUT2D eigenvalue weighted by Gasteiger charge is -2.08. The van der Waals surface area contributed by atoms with Crippen LogP contribution >= 0.6 is 0 Å². The minimum Gasteiger partial charge on any atom is -0.507 e. The van der Waals surface area contributed by atoms with E-state index < -0.39 is 5.91 Å². The highest BCUT2D eigenvalue weighted by Gasteiger charge is 2.16. The largest absolute Gasteiger partial charge is 0.507 e. The Bertz CT molecular complexity index is 484. The molecule has 0 spiro atoms. The van der Waals surface area contributed by atoms with E-state index in [-0.39, 0.29) is 17.1 Å². The summed E-state index contributed by atoms with van der Waals surface area (Å²) in [6.45, 7) is 7.64. The number of rotatable bonds is 4. The van der Waals surface area contributed by atoms with Gasteiger partial charge in [-0.3, -0.25) is 4.79 Å². The van der Waals surface area contributed by atoms with Gasteiger partial charge in [-0.2, -0.15) is 5.10 Å². The first-order chi connectivity index (χ1) is 8.81. The molecule has 1 aromatic carbocycles. The predicted molar refractivity (Wildman–Crippen MR) is 74.5 cm³/mol. The van der Waals surface area contributed by atoms with Gasteiger partial charge in [0.1, 0.15) is 17.1 Å². The van der Waals surface area contributed by atoms with Crippen molar-refractivity contribution < 1.29 is 15.0 Å². The summed E-state index contributed by atoms with van der Waals surface area (Å²) in [6.07, 6.45) is 0.770. The highest BCUT2D eigenvalue weighted by molar-refractivity contribution is 6.00. The van der Waals surface area contributed by atoms with Crippen molar-refractivity contribution in [3.05, 3.63) is 23.3 Å². The van der Waals surface area contributed by atoms with Gasteiger partial charge in [0.2, 0.25) is 0 Å². The SMILES string of the molecule is C/C(CC(C)C)=N\NC(=O)c1c(O)cc(C)cc1O. The number of hydrogen-bond acceptors (Lipinski definition) is 4. The van der Waals surface area contributed by atoms with E-state index in [0.717, 1.165) is 12.1 Å². The summed E-state index contributed by atoms with van der Waals surface area (Å²) in [7, 11) is 0. The van der Waals surface area contributed by atoms with Gasteiger partial charge in [-0.15, -0.1) is 0 Å². The molecule has 0 aliphatic heterocycles. The van der Waals surface area contributed by atoms with Crippen molar-refractivity contribution in [1.82, 2.24) is 5.43 Å². The molecule has 104 valence electrons. The van der Waals surface area contributed by atoms with Crippen molar-refractivity contribution in [3.8, 4) is 11.5 Å². The van der Waals surface area contributed by atoms with Crippen LogP contribution in [0, 0.1) is 12.8 Å². The highest BCUT2D eigenvalue weighted by Crippen LogP contribution is 2.28. The van der Waals surface area contributed by atoms with Gasteiger partial charge in [0.05, 0.1) is 0 Å². The lowest BCUT2D eigenvalue weighted by Crippen LogP contribution is -2.19. The number of aryl methyl sites for hydroxylation is 1. The molecular formula is C14H20N2O3. The third-order valence-corrected chi connectivity index (χ3v) is 2.52. The minimum atomic E-state index is -0.627. The van der Waals surface area contributed by atoms with Crippen LogP contribution < -0.4 is 5.43 Å². The average Bonchev–Trinajstić information content (AvgIpc) is 2.23.